The highest BCUT2D eigenvalue weighted by Crippen LogP contribution is 2.41. The third-order valence-corrected chi connectivity index (χ3v) is 10.0. The van der Waals surface area contributed by atoms with E-state index in [1.807, 2.05) is 62.7 Å². The lowest BCUT2D eigenvalue weighted by Gasteiger charge is -2.41. The summed E-state index contributed by atoms with van der Waals surface area (Å²) in [6, 6.07) is 10.2. The van der Waals surface area contributed by atoms with Crippen molar-refractivity contribution < 1.29 is 19.4 Å². The van der Waals surface area contributed by atoms with Crippen LogP contribution in [-0.2, 0) is 16.0 Å². The van der Waals surface area contributed by atoms with Gasteiger partial charge in [-0.15, -0.1) is 11.3 Å². The Morgan fingerprint density at radius 1 is 1.17 bits per heavy atom. The Morgan fingerprint density at radius 3 is 2.67 bits per heavy atom. The number of hydrogen-bond acceptors (Lipinski definition) is 8. The molecule has 1 saturated heterocycles. The molecule has 46 heavy (non-hydrogen) atoms. The van der Waals surface area contributed by atoms with Crippen LogP contribution in [0.3, 0.4) is 0 Å². The molecule has 244 valence electrons. The SMILES string of the molecule is Cc1nc2cc3nn2c(c1[C@H](OC(C)(C)C)C(=O)O)N1CCC(C)(CC/C=C/C[C@@H](C)Oc2ccccc2Cc2cnc-3s2)CC1. The predicted molar refractivity (Wildman–Crippen MR) is 182 cm³/mol. The summed E-state index contributed by atoms with van der Waals surface area (Å²) in [5.74, 6) is 0.606. The number of ether oxygens (including phenoxy) is 2. The smallest absolute Gasteiger partial charge is 0.337 e. The van der Waals surface area contributed by atoms with Gasteiger partial charge < -0.3 is 19.5 Å². The van der Waals surface area contributed by atoms with Crippen LogP contribution >= 0.6 is 11.3 Å². The zero-order chi connectivity index (χ0) is 32.6. The molecular formula is C36H45N5O4S. The molecule has 0 amide bonds. The number of nitrogens with zero attached hydrogens (tertiary/aromatic N) is 5. The highest BCUT2D eigenvalue weighted by Gasteiger charge is 2.37. The molecule has 3 aliphatic heterocycles. The van der Waals surface area contributed by atoms with Crippen LogP contribution in [0.25, 0.3) is 16.3 Å². The molecular weight excluding hydrogens is 598 g/mol. The van der Waals surface area contributed by atoms with Crippen molar-refractivity contribution in [1.29, 1.82) is 0 Å². The summed E-state index contributed by atoms with van der Waals surface area (Å²) < 4.78 is 14.4. The van der Waals surface area contributed by atoms with Gasteiger partial charge in [0.15, 0.2) is 11.8 Å². The van der Waals surface area contributed by atoms with Gasteiger partial charge in [0.05, 0.1) is 17.3 Å². The molecule has 9 nitrogen and oxygen atoms in total. The third-order valence-electron chi connectivity index (χ3n) is 9.02. The van der Waals surface area contributed by atoms with Gasteiger partial charge in [-0.1, -0.05) is 37.3 Å². The second kappa shape index (κ2) is 12.8. The van der Waals surface area contributed by atoms with Gasteiger partial charge in [-0.25, -0.2) is 14.8 Å². The van der Waals surface area contributed by atoms with Crippen LogP contribution in [0, 0.1) is 12.3 Å². The second-order valence-electron chi connectivity index (χ2n) is 14.1. The molecule has 0 spiro atoms. The molecule has 1 N–H and O–H groups in total. The van der Waals surface area contributed by atoms with Crippen molar-refractivity contribution in [2.45, 2.75) is 97.9 Å². The Bertz CT molecular complexity index is 1740. The molecule has 3 aliphatic rings. The molecule has 0 radical (unpaired) electrons. The van der Waals surface area contributed by atoms with E-state index < -0.39 is 17.7 Å². The summed E-state index contributed by atoms with van der Waals surface area (Å²) in [5.41, 5.74) is 3.19. The number of piperidine rings is 1. The number of carboxylic acid groups (broad SMARTS) is 1. The van der Waals surface area contributed by atoms with Gasteiger partial charge in [0.1, 0.15) is 22.3 Å². The van der Waals surface area contributed by atoms with E-state index in [9.17, 15) is 9.90 Å². The average Bonchev–Trinajstić information content (AvgIpc) is 3.63. The van der Waals surface area contributed by atoms with Crippen molar-refractivity contribution in [2.75, 3.05) is 18.0 Å². The van der Waals surface area contributed by atoms with Crippen LogP contribution < -0.4 is 9.64 Å². The summed E-state index contributed by atoms with van der Waals surface area (Å²) in [5, 5.41) is 16.3. The number of hydrogen-bond donors (Lipinski definition) is 1. The van der Waals surface area contributed by atoms with E-state index in [2.05, 4.69) is 37.0 Å². The van der Waals surface area contributed by atoms with Crippen molar-refractivity contribution in [3.63, 3.8) is 0 Å². The first-order chi connectivity index (χ1) is 21.9. The van der Waals surface area contributed by atoms with Crippen molar-refractivity contribution in [1.82, 2.24) is 19.6 Å². The number of para-hydroxylation sites is 1. The fourth-order valence-electron chi connectivity index (χ4n) is 6.49. The lowest BCUT2D eigenvalue weighted by molar-refractivity contribution is -0.160. The Kier molecular flexibility index (Phi) is 8.95. The predicted octanol–water partition coefficient (Wildman–Crippen LogP) is 7.81. The van der Waals surface area contributed by atoms with Crippen molar-refractivity contribution in [3.8, 4) is 16.5 Å². The number of aromatic nitrogens is 4. The van der Waals surface area contributed by atoms with E-state index in [4.69, 9.17) is 24.5 Å². The third kappa shape index (κ3) is 6.98. The summed E-state index contributed by atoms with van der Waals surface area (Å²) >= 11 is 1.60. The Morgan fingerprint density at radius 2 is 1.93 bits per heavy atom. The van der Waals surface area contributed by atoms with E-state index >= 15 is 0 Å². The zero-order valence-corrected chi connectivity index (χ0v) is 28.6. The molecule has 1 aromatic carbocycles. The topological polar surface area (TPSA) is 102 Å². The summed E-state index contributed by atoms with van der Waals surface area (Å²) in [6.45, 7) is 13.6. The maximum absolute atomic E-state index is 12.8. The number of benzene rings is 1. The number of thiazole rings is 1. The fourth-order valence-corrected chi connectivity index (χ4v) is 7.38. The highest BCUT2D eigenvalue weighted by molar-refractivity contribution is 7.15. The normalized spacial score (nSPS) is 22.2. The second-order valence-corrected chi connectivity index (χ2v) is 15.2. The van der Waals surface area contributed by atoms with Gasteiger partial charge in [-0.2, -0.15) is 9.61 Å². The van der Waals surface area contributed by atoms with Gasteiger partial charge in [-0.05, 0) is 77.3 Å². The minimum atomic E-state index is -1.19. The first kappa shape index (κ1) is 32.2. The molecule has 6 bridgehead atoms. The standard InChI is InChI=1S/C36H45N5O4S/c1-23-12-8-7-11-15-36(6)16-18-40(19-17-36)33-30(31(34(42)43)45-35(3,4)5)24(2)38-29-21-27(39-41(29)33)32-37-22-26(46-32)20-25-13-9-10-14-28(25)44-23/h7-10,13-14,21-23,31H,11-12,15-20H2,1-6H3,(H,42,43)/b8-7+/t23-,31+/m1/s1. The largest absolute Gasteiger partial charge is 0.490 e. The summed E-state index contributed by atoms with van der Waals surface area (Å²) in [6.07, 6.45) is 11.0. The summed E-state index contributed by atoms with van der Waals surface area (Å²) in [4.78, 5) is 25.8. The highest BCUT2D eigenvalue weighted by atomic mass is 32.1. The Labute approximate surface area is 275 Å². The molecule has 0 aliphatic carbocycles. The van der Waals surface area contributed by atoms with Crippen LogP contribution in [0.5, 0.6) is 5.75 Å². The molecule has 0 saturated carbocycles. The number of rotatable bonds is 3. The van der Waals surface area contributed by atoms with Gasteiger partial charge in [-0.3, -0.25) is 0 Å². The van der Waals surface area contributed by atoms with Crippen molar-refractivity contribution >= 4 is 28.8 Å². The molecule has 10 heteroatoms. The number of fused-ring (bicyclic) bond motifs is 7. The van der Waals surface area contributed by atoms with E-state index in [0.29, 0.717) is 29.0 Å². The van der Waals surface area contributed by atoms with Crippen LogP contribution in [0.15, 0.2) is 48.7 Å². The number of aliphatic carboxylic acids is 1. The lowest BCUT2D eigenvalue weighted by atomic mass is 9.76. The molecule has 1 fully saturated rings. The zero-order valence-electron chi connectivity index (χ0n) is 27.7. The summed E-state index contributed by atoms with van der Waals surface area (Å²) in [7, 11) is 0. The lowest BCUT2D eigenvalue weighted by Crippen LogP contribution is -2.41. The van der Waals surface area contributed by atoms with Crippen LogP contribution in [0.2, 0.25) is 0 Å². The number of aryl methyl sites for hydroxylation is 1. The number of carboxylic acids is 1. The Balaban J connectivity index is 1.47. The van der Waals surface area contributed by atoms with E-state index in [0.717, 1.165) is 72.2 Å². The molecule has 6 heterocycles. The minimum Gasteiger partial charge on any atom is -0.490 e. The quantitative estimate of drug-likeness (QED) is 0.226. The van der Waals surface area contributed by atoms with E-state index in [1.165, 1.54) is 0 Å². The first-order valence-electron chi connectivity index (χ1n) is 16.3. The van der Waals surface area contributed by atoms with E-state index in [-0.39, 0.29) is 11.5 Å². The maximum Gasteiger partial charge on any atom is 0.337 e. The fraction of sp³-hybridized carbons (Fsp3) is 0.500. The minimum absolute atomic E-state index is 0.0654. The van der Waals surface area contributed by atoms with Gasteiger partial charge in [0, 0.05) is 48.8 Å². The van der Waals surface area contributed by atoms with Crippen LogP contribution in [0.4, 0.5) is 5.82 Å². The maximum atomic E-state index is 12.8. The molecule has 2 atom stereocenters. The van der Waals surface area contributed by atoms with E-state index in [1.54, 1.807) is 11.3 Å². The van der Waals surface area contributed by atoms with Crippen LogP contribution in [-0.4, -0.2) is 55.5 Å². The van der Waals surface area contributed by atoms with Gasteiger partial charge in [0.2, 0.25) is 0 Å². The first-order valence-corrected chi connectivity index (χ1v) is 17.1. The number of carbonyl (C=O) groups is 1. The molecule has 7 rings (SSSR count). The van der Waals surface area contributed by atoms with Crippen molar-refractivity contribution in [2.24, 2.45) is 5.41 Å². The molecule has 0 unspecified atom stereocenters. The van der Waals surface area contributed by atoms with Gasteiger partial charge >= 0.3 is 5.97 Å². The average molecular weight is 644 g/mol. The molecule has 4 aromatic rings. The van der Waals surface area contributed by atoms with Crippen LogP contribution in [0.1, 0.15) is 94.5 Å². The number of anilines is 1. The Hall–Kier alpha value is -3.76. The van der Waals surface area contributed by atoms with Gasteiger partial charge in [0.25, 0.3) is 0 Å². The number of allylic oxidation sites excluding steroid dienone is 1. The molecule has 3 aromatic heterocycles. The monoisotopic (exact) mass is 643 g/mol. The van der Waals surface area contributed by atoms with Crippen molar-refractivity contribution in [3.05, 3.63) is 70.4 Å².